The van der Waals surface area contributed by atoms with Crippen molar-refractivity contribution in [3.63, 3.8) is 0 Å². The van der Waals surface area contributed by atoms with Crippen LogP contribution in [0, 0.1) is 13.8 Å². The van der Waals surface area contributed by atoms with E-state index in [1.54, 1.807) is 12.3 Å². The van der Waals surface area contributed by atoms with E-state index < -0.39 is 0 Å². The summed E-state index contributed by atoms with van der Waals surface area (Å²) >= 11 is 0. The second kappa shape index (κ2) is 9.69. The minimum atomic E-state index is 0.199. The number of nitrogens with two attached hydrogens (primary N) is 1. The summed E-state index contributed by atoms with van der Waals surface area (Å²) < 4.78 is 5.79. The molecule has 1 amide bonds. The van der Waals surface area contributed by atoms with Crippen molar-refractivity contribution in [1.82, 2.24) is 19.8 Å². The molecule has 1 saturated heterocycles. The van der Waals surface area contributed by atoms with Gasteiger partial charge in [-0.2, -0.15) is 0 Å². The number of benzene rings is 1. The maximum Gasteiger partial charge on any atom is 0.222 e. The molecular weight excluding hydrogens is 366 g/mol. The lowest BCUT2D eigenvalue weighted by Gasteiger charge is -2.24. The zero-order valence-electron chi connectivity index (χ0n) is 17.6. The van der Waals surface area contributed by atoms with Crippen molar-refractivity contribution in [2.45, 2.75) is 45.7 Å². The number of rotatable bonds is 8. The molecule has 2 N–H and O–H groups in total. The van der Waals surface area contributed by atoms with Crippen molar-refractivity contribution in [2.24, 2.45) is 0 Å². The van der Waals surface area contributed by atoms with E-state index in [1.165, 1.54) is 11.1 Å². The molecule has 7 nitrogen and oxygen atoms in total. The van der Waals surface area contributed by atoms with Crippen LogP contribution in [0.1, 0.15) is 36.2 Å². The lowest BCUT2D eigenvalue weighted by molar-refractivity contribution is -0.130. The smallest absolute Gasteiger partial charge is 0.222 e. The first-order valence-electron chi connectivity index (χ1n) is 10.2. The van der Waals surface area contributed by atoms with E-state index in [-0.39, 0.29) is 5.91 Å². The summed E-state index contributed by atoms with van der Waals surface area (Å²) in [6.45, 7) is 6.88. The first-order valence-corrected chi connectivity index (χ1v) is 10.2. The first kappa shape index (κ1) is 21.0. The Morgan fingerprint density at radius 1 is 1.31 bits per heavy atom. The molecule has 1 aliphatic heterocycles. The summed E-state index contributed by atoms with van der Waals surface area (Å²) in [5.74, 6) is 2.26. The van der Waals surface area contributed by atoms with Crippen molar-refractivity contribution >= 4 is 11.7 Å². The number of amides is 1. The van der Waals surface area contributed by atoms with Gasteiger partial charge in [-0.1, -0.05) is 6.07 Å². The molecule has 2 aromatic rings. The van der Waals surface area contributed by atoms with Gasteiger partial charge in [-0.3, -0.25) is 9.69 Å². The highest BCUT2D eigenvalue weighted by Crippen LogP contribution is 2.19. The van der Waals surface area contributed by atoms with Crippen molar-refractivity contribution in [3.05, 3.63) is 47.4 Å². The number of likely N-dealkylation sites (N-methyl/N-ethyl adjacent to an activating group) is 1. The first-order chi connectivity index (χ1) is 13.9. The van der Waals surface area contributed by atoms with Gasteiger partial charge >= 0.3 is 0 Å². The van der Waals surface area contributed by atoms with Gasteiger partial charge in [-0.05, 0) is 63.1 Å². The summed E-state index contributed by atoms with van der Waals surface area (Å²) in [7, 11) is 2.04. The van der Waals surface area contributed by atoms with Crippen molar-refractivity contribution in [2.75, 3.05) is 32.5 Å². The molecule has 0 radical (unpaired) electrons. The quantitative estimate of drug-likeness (QED) is 0.689. The second-order valence-corrected chi connectivity index (χ2v) is 7.79. The monoisotopic (exact) mass is 397 g/mol. The van der Waals surface area contributed by atoms with Gasteiger partial charge in [0.05, 0.1) is 13.2 Å². The Balaban J connectivity index is 1.39. The Bertz CT molecular complexity index is 842. The highest BCUT2D eigenvalue weighted by atomic mass is 16.5. The van der Waals surface area contributed by atoms with Crippen LogP contribution in [0.25, 0.3) is 0 Å². The molecule has 0 bridgehead atoms. The molecule has 1 aromatic heterocycles. The fourth-order valence-electron chi connectivity index (χ4n) is 3.55. The number of aryl methyl sites for hydroxylation is 2. The van der Waals surface area contributed by atoms with Crippen LogP contribution >= 0.6 is 0 Å². The van der Waals surface area contributed by atoms with E-state index in [0.717, 1.165) is 31.7 Å². The predicted octanol–water partition coefficient (Wildman–Crippen LogP) is 2.57. The standard InChI is InChI=1S/C22H31N5O2/c1-16-6-7-19(13-17(16)2)29-12-4-5-22(28)27-11-9-18(14-27)26(3)15-21-24-10-8-20(23)25-21/h6-8,10,13,18H,4-5,9,11-12,14-15H2,1-3H3,(H2,23,24,25)/t18-/m1/s1. The number of hydrogen-bond acceptors (Lipinski definition) is 6. The lowest BCUT2D eigenvalue weighted by atomic mass is 10.1. The van der Waals surface area contributed by atoms with Gasteiger partial charge in [0.1, 0.15) is 17.4 Å². The summed E-state index contributed by atoms with van der Waals surface area (Å²) in [4.78, 5) is 25.2. The van der Waals surface area contributed by atoms with Gasteiger partial charge < -0.3 is 15.4 Å². The summed E-state index contributed by atoms with van der Waals surface area (Å²) in [6, 6.07) is 8.09. The van der Waals surface area contributed by atoms with Crippen LogP contribution < -0.4 is 10.5 Å². The zero-order chi connectivity index (χ0) is 20.8. The normalized spacial score (nSPS) is 16.4. The van der Waals surface area contributed by atoms with Gasteiger partial charge in [0.25, 0.3) is 0 Å². The van der Waals surface area contributed by atoms with E-state index in [9.17, 15) is 4.79 Å². The maximum atomic E-state index is 12.5. The number of likely N-dealkylation sites (tertiary alicyclic amines) is 1. The van der Waals surface area contributed by atoms with Crippen LogP contribution in [-0.2, 0) is 11.3 Å². The van der Waals surface area contributed by atoms with Crippen LogP contribution in [0.4, 0.5) is 5.82 Å². The van der Waals surface area contributed by atoms with Gasteiger partial charge in [0, 0.05) is 31.7 Å². The van der Waals surface area contributed by atoms with Crippen molar-refractivity contribution in [3.8, 4) is 5.75 Å². The number of nitrogen functional groups attached to an aromatic ring is 1. The molecular formula is C22H31N5O2. The van der Waals surface area contributed by atoms with E-state index in [1.807, 2.05) is 24.1 Å². The number of anilines is 1. The fraction of sp³-hybridized carbons (Fsp3) is 0.500. The van der Waals surface area contributed by atoms with Gasteiger partial charge in [0.2, 0.25) is 5.91 Å². The molecule has 29 heavy (non-hydrogen) atoms. The maximum absolute atomic E-state index is 12.5. The van der Waals surface area contributed by atoms with Gasteiger partial charge in [0.15, 0.2) is 0 Å². The topological polar surface area (TPSA) is 84.6 Å². The molecule has 0 saturated carbocycles. The highest BCUT2D eigenvalue weighted by Gasteiger charge is 2.28. The molecule has 0 spiro atoms. The number of aromatic nitrogens is 2. The Hall–Kier alpha value is -2.67. The van der Waals surface area contributed by atoms with Crippen LogP contribution in [-0.4, -0.2) is 58.5 Å². The third-order valence-electron chi connectivity index (χ3n) is 5.54. The Labute approximate surface area is 172 Å². The molecule has 2 heterocycles. The minimum absolute atomic E-state index is 0.199. The number of nitrogens with zero attached hydrogens (tertiary/aromatic N) is 4. The van der Waals surface area contributed by atoms with Gasteiger partial charge in [-0.25, -0.2) is 9.97 Å². The Morgan fingerprint density at radius 3 is 2.90 bits per heavy atom. The Morgan fingerprint density at radius 2 is 2.14 bits per heavy atom. The van der Waals surface area contributed by atoms with Crippen molar-refractivity contribution < 1.29 is 9.53 Å². The number of carbonyl (C=O) groups excluding carboxylic acids is 1. The van der Waals surface area contributed by atoms with E-state index >= 15 is 0 Å². The van der Waals surface area contributed by atoms with Crippen LogP contribution in [0.2, 0.25) is 0 Å². The summed E-state index contributed by atoms with van der Waals surface area (Å²) in [5, 5.41) is 0. The lowest BCUT2D eigenvalue weighted by Crippen LogP contribution is -2.36. The molecule has 1 fully saturated rings. The summed E-state index contributed by atoms with van der Waals surface area (Å²) in [5.41, 5.74) is 8.20. The van der Waals surface area contributed by atoms with Crippen LogP contribution in [0.15, 0.2) is 30.5 Å². The largest absolute Gasteiger partial charge is 0.494 e. The van der Waals surface area contributed by atoms with Crippen LogP contribution in [0.3, 0.4) is 0 Å². The van der Waals surface area contributed by atoms with E-state index in [4.69, 9.17) is 10.5 Å². The molecule has 1 aromatic carbocycles. The molecule has 0 aliphatic carbocycles. The molecule has 3 rings (SSSR count). The molecule has 7 heteroatoms. The third kappa shape index (κ3) is 5.90. The third-order valence-corrected chi connectivity index (χ3v) is 5.54. The molecule has 0 unspecified atom stereocenters. The van der Waals surface area contributed by atoms with Crippen LogP contribution in [0.5, 0.6) is 5.75 Å². The number of ether oxygens (including phenoxy) is 1. The summed E-state index contributed by atoms with van der Waals surface area (Å²) in [6.07, 6.45) is 3.87. The fourth-order valence-corrected chi connectivity index (χ4v) is 3.55. The van der Waals surface area contributed by atoms with E-state index in [0.29, 0.717) is 37.3 Å². The predicted molar refractivity (Wildman–Crippen MR) is 114 cm³/mol. The number of hydrogen-bond donors (Lipinski definition) is 1. The molecule has 1 atom stereocenters. The molecule has 156 valence electrons. The van der Waals surface area contributed by atoms with E-state index in [2.05, 4.69) is 34.8 Å². The second-order valence-electron chi connectivity index (χ2n) is 7.79. The minimum Gasteiger partial charge on any atom is -0.494 e. The van der Waals surface area contributed by atoms with Gasteiger partial charge in [-0.15, -0.1) is 0 Å². The highest BCUT2D eigenvalue weighted by molar-refractivity contribution is 5.76. The SMILES string of the molecule is Cc1ccc(OCCCC(=O)N2CC[C@@H](N(C)Cc3nccc(N)n3)C2)cc1C. The molecule has 1 aliphatic rings. The van der Waals surface area contributed by atoms with Crippen molar-refractivity contribution in [1.29, 1.82) is 0 Å². The average molecular weight is 398 g/mol. The average Bonchev–Trinajstić information content (AvgIpc) is 3.18. The Kier molecular flexibility index (Phi) is 7.04. The zero-order valence-corrected chi connectivity index (χ0v) is 17.6. The number of carbonyl (C=O) groups is 1.